The summed E-state index contributed by atoms with van der Waals surface area (Å²) < 4.78 is 58.7. The Balaban J connectivity index is 2.01. The molecule has 0 aliphatic carbocycles. The zero-order valence-electron chi connectivity index (χ0n) is 26.6. The van der Waals surface area contributed by atoms with E-state index in [2.05, 4.69) is 13.8 Å². The van der Waals surface area contributed by atoms with Crippen molar-refractivity contribution in [2.24, 2.45) is 0 Å². The second-order valence-electron chi connectivity index (χ2n) is 11.4. The summed E-state index contributed by atoms with van der Waals surface area (Å²) in [5.41, 5.74) is -0.595. The van der Waals surface area contributed by atoms with E-state index < -0.39 is 36.9 Å². The van der Waals surface area contributed by atoms with Gasteiger partial charge in [-0.15, -0.1) is 0 Å². The number of non-ortho nitro benzene ring substituents is 1. The van der Waals surface area contributed by atoms with Crippen molar-refractivity contribution < 1.29 is 31.5 Å². The van der Waals surface area contributed by atoms with Crippen molar-refractivity contribution in [2.45, 2.75) is 95.8 Å². The molecule has 0 fully saturated rings. The monoisotopic (exact) mass is 674 g/mol. The number of nitro benzene ring substituents is 1. The van der Waals surface area contributed by atoms with Crippen LogP contribution < -0.4 is 4.31 Å². The molecular weight excluding hydrogens is 631 g/mol. The molecule has 0 heterocycles. The van der Waals surface area contributed by atoms with Gasteiger partial charge in [0.25, 0.3) is 21.7 Å². The average molecular weight is 675 g/mol. The first kappa shape index (κ1) is 37.1. The van der Waals surface area contributed by atoms with Crippen LogP contribution in [-0.2, 0) is 21.4 Å². The Bertz CT molecular complexity index is 1600. The Labute approximate surface area is 274 Å². The molecule has 0 radical (unpaired) electrons. The van der Waals surface area contributed by atoms with Crippen molar-refractivity contribution in [3.63, 3.8) is 0 Å². The van der Waals surface area contributed by atoms with E-state index in [9.17, 15) is 36.6 Å². The maximum atomic E-state index is 13.9. The van der Waals surface area contributed by atoms with E-state index in [0.717, 1.165) is 80.6 Å². The van der Waals surface area contributed by atoms with Gasteiger partial charge in [0, 0.05) is 24.7 Å². The summed E-state index contributed by atoms with van der Waals surface area (Å²) in [6.45, 7) is 5.40. The predicted molar refractivity (Wildman–Crippen MR) is 181 cm³/mol. The number of anilines is 2. The summed E-state index contributed by atoms with van der Waals surface area (Å²) in [5.74, 6) is -0.317. The highest BCUT2D eigenvalue weighted by Gasteiger charge is 2.26. The molecule has 1 atom stereocenters. The van der Waals surface area contributed by atoms with E-state index in [0.29, 0.717) is 13.1 Å². The van der Waals surface area contributed by atoms with E-state index >= 15 is 0 Å². The number of nitrogens with zero attached hydrogens (tertiary/aromatic N) is 3. The number of benzene rings is 3. The lowest BCUT2D eigenvalue weighted by molar-refractivity contribution is -0.383. The average Bonchev–Trinajstić information content (AvgIpc) is 3.02. The Hall–Kier alpha value is -3.39. The first-order valence-corrected chi connectivity index (χ1v) is 18.4. The van der Waals surface area contributed by atoms with Crippen molar-refractivity contribution in [3.8, 4) is 0 Å². The van der Waals surface area contributed by atoms with Crippen LogP contribution >= 0.6 is 0 Å². The number of hydrogen-bond acceptors (Lipinski definition) is 7. The van der Waals surface area contributed by atoms with Crippen LogP contribution in [-0.4, -0.2) is 50.6 Å². The second kappa shape index (κ2) is 18.1. The van der Waals surface area contributed by atoms with Crippen molar-refractivity contribution in [2.75, 3.05) is 17.4 Å². The Morgan fingerprint density at radius 1 is 0.848 bits per heavy atom. The maximum absolute atomic E-state index is 13.9. The van der Waals surface area contributed by atoms with Crippen LogP contribution in [0.4, 0.5) is 17.1 Å². The van der Waals surface area contributed by atoms with Crippen LogP contribution in [0.3, 0.4) is 0 Å². The van der Waals surface area contributed by atoms with Crippen molar-refractivity contribution in [1.82, 2.24) is 4.90 Å². The number of amides is 1. The van der Waals surface area contributed by atoms with Gasteiger partial charge in [-0.3, -0.25) is 28.0 Å². The lowest BCUT2D eigenvalue weighted by Gasteiger charge is -2.28. The van der Waals surface area contributed by atoms with Gasteiger partial charge in [0.05, 0.1) is 37.8 Å². The second-order valence-corrected chi connectivity index (χ2v) is 13.7. The molecule has 0 saturated heterocycles. The highest BCUT2D eigenvalue weighted by Crippen LogP contribution is 2.40. The number of carbonyl (C=O) groups excluding carboxylic acids is 1. The van der Waals surface area contributed by atoms with Gasteiger partial charge >= 0.3 is 0 Å². The highest BCUT2D eigenvalue weighted by molar-refractivity contribution is 7.85. The number of unbranched alkanes of at least 4 members (excludes halogenated alkanes) is 10. The molecule has 3 aromatic carbocycles. The molecule has 1 unspecified atom stereocenters. The zero-order chi connectivity index (χ0) is 33.7. The van der Waals surface area contributed by atoms with Gasteiger partial charge in [-0.25, -0.2) is 0 Å². The lowest BCUT2D eigenvalue weighted by atomic mass is 10.0. The molecule has 0 aromatic heterocycles. The summed E-state index contributed by atoms with van der Waals surface area (Å²) in [6.07, 6.45) is 12.7. The van der Waals surface area contributed by atoms with E-state index in [1.54, 1.807) is 11.0 Å². The molecule has 0 bridgehead atoms. The van der Waals surface area contributed by atoms with Crippen LogP contribution in [0.1, 0.15) is 101 Å². The fourth-order valence-electron chi connectivity index (χ4n) is 5.56. The molecule has 0 spiro atoms. The minimum atomic E-state index is -4.66. The Morgan fingerprint density at radius 2 is 1.41 bits per heavy atom. The van der Waals surface area contributed by atoms with Crippen LogP contribution in [0.5, 0.6) is 0 Å². The number of nitro groups is 1. The molecule has 3 aromatic rings. The third kappa shape index (κ3) is 10.3. The van der Waals surface area contributed by atoms with Gasteiger partial charge in [0.1, 0.15) is 0 Å². The van der Waals surface area contributed by atoms with Gasteiger partial charge < -0.3 is 9.45 Å². The standard InChI is InChI=1S/C33H45N3O8S2/c1-3-5-7-9-11-13-21-34(22-14-12-10-8-6-4-2)33(37)27-23-26-17-15-20-30(32(26)31(24-27)36(38)39)35(45(40)41)28-18-16-19-29(25-28)46(42,43)44/h15-20,23-25H,3-14,21-22H2,1-2H3,(H,40,41)(H,42,43,44)/p-1. The van der Waals surface area contributed by atoms with Crippen molar-refractivity contribution in [1.29, 1.82) is 0 Å². The van der Waals surface area contributed by atoms with E-state index in [-0.39, 0.29) is 33.6 Å². The first-order chi connectivity index (χ1) is 22.0. The fourth-order valence-corrected chi connectivity index (χ4v) is 6.68. The number of hydrogen-bond donors (Lipinski definition) is 1. The fraction of sp³-hybridized carbons (Fsp3) is 0.485. The minimum Gasteiger partial charge on any atom is -0.755 e. The normalized spacial score (nSPS) is 12.3. The lowest BCUT2D eigenvalue weighted by Crippen LogP contribution is -2.33. The van der Waals surface area contributed by atoms with Gasteiger partial charge in [-0.1, -0.05) is 96.3 Å². The van der Waals surface area contributed by atoms with Crippen LogP contribution in [0.15, 0.2) is 59.5 Å². The smallest absolute Gasteiger partial charge is 0.294 e. The van der Waals surface area contributed by atoms with E-state index in [4.69, 9.17) is 0 Å². The van der Waals surface area contributed by atoms with Crippen LogP contribution in [0, 0.1) is 10.1 Å². The molecular formula is C33H44N3O8S2-. The Morgan fingerprint density at radius 3 is 1.96 bits per heavy atom. The highest BCUT2D eigenvalue weighted by atomic mass is 32.2. The summed E-state index contributed by atoms with van der Waals surface area (Å²) in [6, 6.07) is 11.7. The molecule has 11 nitrogen and oxygen atoms in total. The molecule has 13 heteroatoms. The predicted octanol–water partition coefficient (Wildman–Crippen LogP) is 8.09. The molecule has 3 rings (SSSR count). The van der Waals surface area contributed by atoms with Crippen LogP contribution in [0.25, 0.3) is 10.8 Å². The number of fused-ring (bicyclic) bond motifs is 1. The summed E-state index contributed by atoms with van der Waals surface area (Å²) in [4.78, 5) is 26.9. The van der Waals surface area contributed by atoms with Gasteiger partial charge in [0.15, 0.2) is 0 Å². The zero-order valence-corrected chi connectivity index (χ0v) is 28.2. The van der Waals surface area contributed by atoms with Gasteiger partial charge in [-0.05, 0) is 48.6 Å². The van der Waals surface area contributed by atoms with Crippen LogP contribution in [0.2, 0.25) is 0 Å². The maximum Gasteiger partial charge on any atom is 0.294 e. The summed E-state index contributed by atoms with van der Waals surface area (Å²) in [7, 11) is -4.66. The molecule has 252 valence electrons. The number of carbonyl (C=O) groups is 1. The topological polar surface area (TPSA) is 161 Å². The number of rotatable bonds is 20. The van der Waals surface area contributed by atoms with Crippen molar-refractivity contribution in [3.05, 3.63) is 70.3 Å². The molecule has 1 N–H and O–H groups in total. The SMILES string of the molecule is CCCCCCCCN(CCCCCCCC)C(=O)c1cc([N+](=O)[O-])c2c(N(c3cccc(S(=O)(=O)O)c3)S(=O)[O-])cccc2c1. The minimum absolute atomic E-state index is 0.0380. The molecule has 1 amide bonds. The molecule has 0 saturated carbocycles. The third-order valence-electron chi connectivity index (χ3n) is 7.95. The molecule has 46 heavy (non-hydrogen) atoms. The third-order valence-corrected chi connectivity index (χ3v) is 9.50. The molecule has 0 aliphatic heterocycles. The van der Waals surface area contributed by atoms with Crippen molar-refractivity contribution >= 4 is 55.1 Å². The quantitative estimate of drug-likeness (QED) is 0.0413. The van der Waals surface area contributed by atoms with Gasteiger partial charge in [-0.2, -0.15) is 8.42 Å². The first-order valence-electron chi connectivity index (χ1n) is 16.0. The van der Waals surface area contributed by atoms with E-state index in [1.807, 2.05) is 0 Å². The Kier molecular flexibility index (Phi) is 14.6. The summed E-state index contributed by atoms with van der Waals surface area (Å²) >= 11 is -3.04. The summed E-state index contributed by atoms with van der Waals surface area (Å²) in [5, 5.41) is 12.7. The largest absolute Gasteiger partial charge is 0.755 e. The van der Waals surface area contributed by atoms with E-state index in [1.165, 1.54) is 49.2 Å². The van der Waals surface area contributed by atoms with Gasteiger partial charge in [0.2, 0.25) is 0 Å². The molecule has 0 aliphatic rings.